The first-order valence-electron chi connectivity index (χ1n) is 7.81. The second-order valence-corrected chi connectivity index (χ2v) is 6.37. The molecule has 7 heteroatoms. The van der Waals surface area contributed by atoms with Crippen LogP contribution in [-0.4, -0.2) is 53.5 Å². The largest absolute Gasteiger partial charge is 0.465 e. The molecule has 0 bridgehead atoms. The van der Waals surface area contributed by atoms with Crippen LogP contribution in [0.3, 0.4) is 0 Å². The van der Waals surface area contributed by atoms with Crippen LogP contribution in [-0.2, 0) is 22.9 Å². The van der Waals surface area contributed by atoms with Crippen molar-refractivity contribution in [3.8, 4) is 0 Å². The predicted octanol–water partition coefficient (Wildman–Crippen LogP) is 1.45. The van der Waals surface area contributed by atoms with Crippen LogP contribution in [0.2, 0.25) is 0 Å². The highest BCUT2D eigenvalue weighted by Crippen LogP contribution is 2.25. The second-order valence-electron chi connectivity index (χ2n) is 5.95. The van der Waals surface area contributed by atoms with Gasteiger partial charge in [0.15, 0.2) is 5.11 Å². The number of rotatable bonds is 3. The number of carbonyl (C=O) groups is 1. The van der Waals surface area contributed by atoms with E-state index in [4.69, 9.17) is 27.4 Å². The molecule has 0 spiro atoms. The highest BCUT2D eigenvalue weighted by Gasteiger charge is 2.25. The number of aryl methyl sites for hydroxylation is 1. The molecule has 1 aromatic carbocycles. The average Bonchev–Trinajstić information content (AvgIpc) is 2.90. The minimum Gasteiger partial charge on any atom is -0.465 e. The van der Waals surface area contributed by atoms with E-state index < -0.39 is 0 Å². The minimum absolute atomic E-state index is 0.101. The molecule has 128 valence electrons. The second kappa shape index (κ2) is 6.78. The van der Waals surface area contributed by atoms with Gasteiger partial charge in [-0.3, -0.25) is 0 Å². The van der Waals surface area contributed by atoms with Crippen molar-refractivity contribution < 1.29 is 14.3 Å². The first kappa shape index (κ1) is 16.7. The van der Waals surface area contributed by atoms with Crippen molar-refractivity contribution in [2.75, 3.05) is 26.9 Å². The van der Waals surface area contributed by atoms with Gasteiger partial charge in [-0.05, 0) is 42.4 Å². The van der Waals surface area contributed by atoms with E-state index in [1.807, 2.05) is 24.1 Å². The number of thiocarbonyl (C=S) groups is 1. The van der Waals surface area contributed by atoms with Gasteiger partial charge in [0.1, 0.15) is 0 Å². The van der Waals surface area contributed by atoms with E-state index in [0.717, 1.165) is 22.9 Å². The Balaban J connectivity index is 1.96. The number of nitrogens with two attached hydrogens (primary N) is 1. The number of aromatic nitrogens is 1. The fourth-order valence-electron chi connectivity index (χ4n) is 3.25. The molecule has 2 heterocycles. The van der Waals surface area contributed by atoms with Crippen molar-refractivity contribution in [1.82, 2.24) is 9.47 Å². The molecule has 0 amide bonds. The quantitative estimate of drug-likeness (QED) is 0.669. The molecular weight excluding hydrogens is 326 g/mol. The fourth-order valence-corrected chi connectivity index (χ4v) is 3.49. The molecule has 1 aliphatic rings. The number of fused-ring (bicyclic) bond motifs is 1. The Kier molecular flexibility index (Phi) is 4.73. The summed E-state index contributed by atoms with van der Waals surface area (Å²) in [6.07, 6.45) is 2.83. The van der Waals surface area contributed by atoms with Crippen molar-refractivity contribution in [3.63, 3.8) is 0 Å². The van der Waals surface area contributed by atoms with Gasteiger partial charge >= 0.3 is 5.97 Å². The molecule has 3 rings (SSSR count). The lowest BCUT2D eigenvalue weighted by atomic mass is 10.0. The summed E-state index contributed by atoms with van der Waals surface area (Å²) in [5.74, 6) is -0.336. The summed E-state index contributed by atoms with van der Waals surface area (Å²) in [6, 6.07) is 5.70. The number of nitrogens with zero attached hydrogens (tertiary/aromatic N) is 2. The summed E-state index contributed by atoms with van der Waals surface area (Å²) in [5, 5.41) is 1.44. The molecule has 2 aromatic rings. The van der Waals surface area contributed by atoms with Crippen molar-refractivity contribution >= 4 is 34.2 Å². The van der Waals surface area contributed by atoms with E-state index in [1.54, 1.807) is 6.07 Å². The zero-order valence-corrected chi connectivity index (χ0v) is 14.6. The Morgan fingerprint density at radius 1 is 1.50 bits per heavy atom. The molecule has 24 heavy (non-hydrogen) atoms. The normalized spacial score (nSPS) is 17.9. The molecule has 1 saturated heterocycles. The number of benzene rings is 1. The third-order valence-electron chi connectivity index (χ3n) is 4.46. The highest BCUT2D eigenvalue weighted by molar-refractivity contribution is 7.80. The Morgan fingerprint density at radius 2 is 2.29 bits per heavy atom. The van der Waals surface area contributed by atoms with Gasteiger partial charge in [0.05, 0.1) is 31.9 Å². The number of morpholine rings is 1. The van der Waals surface area contributed by atoms with Gasteiger partial charge in [0, 0.05) is 30.7 Å². The molecule has 1 fully saturated rings. The van der Waals surface area contributed by atoms with Crippen molar-refractivity contribution in [3.05, 3.63) is 35.5 Å². The van der Waals surface area contributed by atoms with Crippen LogP contribution in [0.25, 0.3) is 10.9 Å². The maximum absolute atomic E-state index is 11.8. The molecule has 1 aliphatic heterocycles. The maximum Gasteiger partial charge on any atom is 0.337 e. The lowest BCUT2D eigenvalue weighted by Gasteiger charge is -2.36. The fraction of sp³-hybridized carbons (Fsp3) is 0.412. The summed E-state index contributed by atoms with van der Waals surface area (Å²) in [6.45, 7) is 1.93. The number of ether oxygens (including phenoxy) is 2. The third-order valence-corrected chi connectivity index (χ3v) is 4.69. The van der Waals surface area contributed by atoms with Crippen LogP contribution in [0.5, 0.6) is 0 Å². The monoisotopic (exact) mass is 347 g/mol. The van der Waals surface area contributed by atoms with Gasteiger partial charge in [0.2, 0.25) is 0 Å². The molecule has 0 saturated carbocycles. The van der Waals surface area contributed by atoms with E-state index in [2.05, 4.69) is 10.8 Å². The topological polar surface area (TPSA) is 69.7 Å². The Bertz CT molecular complexity index is 787. The third kappa shape index (κ3) is 3.09. The van der Waals surface area contributed by atoms with Crippen LogP contribution < -0.4 is 5.73 Å². The summed E-state index contributed by atoms with van der Waals surface area (Å²) in [7, 11) is 3.38. The van der Waals surface area contributed by atoms with Gasteiger partial charge in [-0.2, -0.15) is 0 Å². The molecule has 0 unspecified atom stereocenters. The summed E-state index contributed by atoms with van der Waals surface area (Å²) < 4.78 is 12.5. The Hall–Kier alpha value is -2.12. The summed E-state index contributed by atoms with van der Waals surface area (Å²) in [5.41, 5.74) is 8.59. The molecule has 1 atom stereocenters. The van der Waals surface area contributed by atoms with Crippen molar-refractivity contribution in [1.29, 1.82) is 0 Å². The van der Waals surface area contributed by atoms with Crippen LogP contribution in [0.4, 0.5) is 0 Å². The number of hydrogen-bond acceptors (Lipinski definition) is 4. The smallest absolute Gasteiger partial charge is 0.337 e. The van der Waals surface area contributed by atoms with Gasteiger partial charge in [-0.25, -0.2) is 4.79 Å². The van der Waals surface area contributed by atoms with Gasteiger partial charge in [-0.15, -0.1) is 0 Å². The van der Waals surface area contributed by atoms with Crippen LogP contribution >= 0.6 is 12.2 Å². The Labute approximate surface area is 146 Å². The molecule has 0 radical (unpaired) electrons. The molecule has 2 N–H and O–H groups in total. The zero-order valence-electron chi connectivity index (χ0n) is 13.8. The summed E-state index contributed by atoms with van der Waals surface area (Å²) in [4.78, 5) is 13.8. The zero-order chi connectivity index (χ0) is 17.3. The van der Waals surface area contributed by atoms with Crippen molar-refractivity contribution in [2.24, 2.45) is 12.8 Å². The van der Waals surface area contributed by atoms with E-state index >= 15 is 0 Å². The SMILES string of the molecule is COC(=O)c1ccc2c(c1)c(C[C@H]1COCCN1C(N)=S)cn2C. The van der Waals surface area contributed by atoms with E-state index in [9.17, 15) is 4.79 Å². The van der Waals surface area contributed by atoms with Crippen LogP contribution in [0.15, 0.2) is 24.4 Å². The van der Waals surface area contributed by atoms with E-state index in [0.29, 0.717) is 30.4 Å². The highest BCUT2D eigenvalue weighted by atomic mass is 32.1. The van der Waals surface area contributed by atoms with Crippen LogP contribution in [0.1, 0.15) is 15.9 Å². The lowest BCUT2D eigenvalue weighted by molar-refractivity contribution is 0.0274. The number of hydrogen-bond donors (Lipinski definition) is 1. The average molecular weight is 347 g/mol. The van der Waals surface area contributed by atoms with Crippen molar-refractivity contribution in [2.45, 2.75) is 12.5 Å². The number of esters is 1. The lowest BCUT2D eigenvalue weighted by Crippen LogP contribution is -2.51. The molecule has 6 nitrogen and oxygen atoms in total. The standard InChI is InChI=1S/C17H21N3O3S/c1-19-9-12(7-13-10-23-6-5-20(13)17(18)24)14-8-11(16(21)22-2)3-4-15(14)19/h3-4,8-9,13H,5-7,10H2,1-2H3,(H2,18,24)/t13-/m0/s1. The van der Waals surface area contributed by atoms with Gasteiger partial charge < -0.3 is 24.7 Å². The van der Waals surface area contributed by atoms with Gasteiger partial charge in [0.25, 0.3) is 0 Å². The predicted molar refractivity (Wildman–Crippen MR) is 96.1 cm³/mol. The Morgan fingerprint density at radius 3 is 3.00 bits per heavy atom. The first-order valence-corrected chi connectivity index (χ1v) is 8.22. The minimum atomic E-state index is -0.336. The maximum atomic E-state index is 11.8. The van der Waals surface area contributed by atoms with Crippen LogP contribution in [0, 0.1) is 0 Å². The number of carbonyl (C=O) groups excluding carboxylic acids is 1. The van der Waals surface area contributed by atoms with E-state index in [1.165, 1.54) is 7.11 Å². The van der Waals surface area contributed by atoms with E-state index in [-0.39, 0.29) is 12.0 Å². The molecular formula is C17H21N3O3S. The number of methoxy groups -OCH3 is 1. The molecule has 0 aliphatic carbocycles. The summed E-state index contributed by atoms with van der Waals surface area (Å²) >= 11 is 5.16. The van der Waals surface area contributed by atoms with Gasteiger partial charge in [-0.1, -0.05) is 0 Å². The first-order chi connectivity index (χ1) is 11.5. The molecule has 1 aromatic heterocycles.